The van der Waals surface area contributed by atoms with Crippen LogP contribution in [0.25, 0.3) is 27.8 Å². The summed E-state index contributed by atoms with van der Waals surface area (Å²) in [5.41, 5.74) is 6.71. The second-order valence-corrected chi connectivity index (χ2v) is 5.72. The van der Waals surface area contributed by atoms with E-state index in [2.05, 4.69) is 11.2 Å². The van der Waals surface area contributed by atoms with Crippen LogP contribution >= 0.6 is 0 Å². The van der Waals surface area contributed by atoms with Crippen LogP contribution in [0.15, 0.2) is 73.1 Å². The van der Waals surface area contributed by atoms with Crippen LogP contribution in [0.4, 0.5) is 0 Å². The monoisotopic (exact) mass is 296 g/mol. The highest BCUT2D eigenvalue weighted by Gasteiger charge is 2.26. The Labute approximate surface area is 132 Å². The molecule has 4 aromatic rings. The molecule has 1 aliphatic rings. The van der Waals surface area contributed by atoms with Crippen LogP contribution in [-0.2, 0) is 0 Å². The van der Waals surface area contributed by atoms with Gasteiger partial charge in [0.2, 0.25) is 0 Å². The zero-order chi connectivity index (χ0) is 15.4. The lowest BCUT2D eigenvalue weighted by atomic mass is 10.00. The van der Waals surface area contributed by atoms with Crippen LogP contribution in [0, 0.1) is 0 Å². The molecule has 0 atom stereocenters. The van der Waals surface area contributed by atoms with Crippen molar-refractivity contribution in [2.75, 3.05) is 0 Å². The lowest BCUT2D eigenvalue weighted by Crippen LogP contribution is -1.95. The summed E-state index contributed by atoms with van der Waals surface area (Å²) in [6.45, 7) is 0. The number of hydrogen-bond donors (Lipinski definition) is 0. The molecular formula is C20H12N2O. The van der Waals surface area contributed by atoms with E-state index < -0.39 is 0 Å². The molecule has 0 N–H and O–H groups in total. The highest BCUT2D eigenvalue weighted by molar-refractivity contribution is 6.22. The molecule has 0 amide bonds. The number of nitrogens with zero attached hydrogens (tertiary/aromatic N) is 2. The minimum Gasteiger partial charge on any atom is -0.289 e. The van der Waals surface area contributed by atoms with E-state index in [1.54, 1.807) is 0 Å². The highest BCUT2D eigenvalue weighted by atomic mass is 16.1. The van der Waals surface area contributed by atoms with Crippen molar-refractivity contribution in [2.45, 2.75) is 0 Å². The zero-order valence-electron chi connectivity index (χ0n) is 12.2. The second-order valence-electron chi connectivity index (χ2n) is 5.72. The number of rotatable bonds is 1. The van der Waals surface area contributed by atoms with Crippen molar-refractivity contribution in [1.29, 1.82) is 0 Å². The van der Waals surface area contributed by atoms with Crippen molar-refractivity contribution >= 4 is 11.3 Å². The van der Waals surface area contributed by atoms with Crippen LogP contribution < -0.4 is 0 Å². The minimum absolute atomic E-state index is 0.105. The molecule has 0 spiro atoms. The molecule has 108 valence electrons. The molecule has 1 aliphatic carbocycles. The molecule has 0 fully saturated rings. The number of fused-ring (bicyclic) bond motifs is 4. The first-order valence-electron chi connectivity index (χ1n) is 7.54. The number of pyridine rings is 1. The number of ketones is 1. The Morgan fingerprint density at radius 2 is 1.52 bits per heavy atom. The largest absolute Gasteiger partial charge is 0.289 e. The Balaban J connectivity index is 1.73. The molecule has 0 radical (unpaired) electrons. The van der Waals surface area contributed by atoms with Gasteiger partial charge in [0.05, 0.1) is 11.7 Å². The smallest absolute Gasteiger partial charge is 0.194 e. The van der Waals surface area contributed by atoms with Gasteiger partial charge < -0.3 is 0 Å². The van der Waals surface area contributed by atoms with Crippen molar-refractivity contribution < 1.29 is 4.79 Å². The number of carbonyl (C=O) groups excluding carboxylic acids is 1. The maximum absolute atomic E-state index is 12.7. The van der Waals surface area contributed by atoms with Crippen LogP contribution in [-0.4, -0.2) is 15.4 Å². The summed E-state index contributed by atoms with van der Waals surface area (Å²) >= 11 is 0. The van der Waals surface area contributed by atoms with Gasteiger partial charge in [-0.1, -0.05) is 42.5 Å². The molecule has 0 aliphatic heterocycles. The normalized spacial score (nSPS) is 12.4. The van der Waals surface area contributed by atoms with E-state index in [4.69, 9.17) is 0 Å². The van der Waals surface area contributed by atoms with Gasteiger partial charge in [-0.2, -0.15) is 5.10 Å². The van der Waals surface area contributed by atoms with E-state index >= 15 is 0 Å². The summed E-state index contributed by atoms with van der Waals surface area (Å²) < 4.78 is 1.85. The molecule has 23 heavy (non-hydrogen) atoms. The quantitative estimate of drug-likeness (QED) is 0.464. The zero-order valence-corrected chi connectivity index (χ0v) is 12.2. The standard InChI is InChI=1S/C20H12N2O/c23-20-16-6-2-1-5-14(16)15-9-8-13(11-17(15)20)18-12-21-22-10-4-3-7-19(18)22/h1-12H. The Bertz CT molecular complexity index is 1090. The molecular weight excluding hydrogens is 284 g/mol. The molecule has 2 aromatic heterocycles. The van der Waals surface area contributed by atoms with Crippen molar-refractivity contribution in [3.63, 3.8) is 0 Å². The Hall–Kier alpha value is -3.20. The van der Waals surface area contributed by atoms with E-state index in [0.29, 0.717) is 0 Å². The Morgan fingerprint density at radius 3 is 2.43 bits per heavy atom. The molecule has 3 heteroatoms. The van der Waals surface area contributed by atoms with Gasteiger partial charge in [-0.05, 0) is 34.9 Å². The van der Waals surface area contributed by atoms with E-state index in [0.717, 1.165) is 38.9 Å². The summed E-state index contributed by atoms with van der Waals surface area (Å²) in [6.07, 6.45) is 3.77. The summed E-state index contributed by atoms with van der Waals surface area (Å²) in [6, 6.07) is 19.9. The van der Waals surface area contributed by atoms with Crippen LogP contribution in [0.5, 0.6) is 0 Å². The predicted molar refractivity (Wildman–Crippen MR) is 89.5 cm³/mol. The summed E-state index contributed by atoms with van der Waals surface area (Å²) in [5, 5.41) is 4.38. The van der Waals surface area contributed by atoms with Gasteiger partial charge in [0, 0.05) is 22.9 Å². The van der Waals surface area contributed by atoms with Gasteiger partial charge in [-0.25, -0.2) is 4.52 Å². The third kappa shape index (κ3) is 1.64. The van der Waals surface area contributed by atoms with E-state index in [9.17, 15) is 4.79 Å². The van der Waals surface area contributed by atoms with Gasteiger partial charge in [0.15, 0.2) is 5.78 Å². The third-order valence-corrected chi connectivity index (χ3v) is 4.46. The fourth-order valence-corrected chi connectivity index (χ4v) is 3.35. The van der Waals surface area contributed by atoms with Crippen molar-refractivity contribution in [1.82, 2.24) is 9.61 Å². The molecule has 0 saturated carbocycles. The molecule has 5 rings (SSSR count). The van der Waals surface area contributed by atoms with Crippen molar-refractivity contribution in [3.8, 4) is 22.3 Å². The van der Waals surface area contributed by atoms with Crippen molar-refractivity contribution in [2.24, 2.45) is 0 Å². The first kappa shape index (κ1) is 12.4. The molecule has 2 heterocycles. The maximum Gasteiger partial charge on any atom is 0.194 e. The van der Waals surface area contributed by atoms with Crippen LogP contribution in [0.2, 0.25) is 0 Å². The highest BCUT2D eigenvalue weighted by Crippen LogP contribution is 2.38. The average molecular weight is 296 g/mol. The number of benzene rings is 2. The molecule has 0 saturated heterocycles. The minimum atomic E-state index is 0.105. The van der Waals surface area contributed by atoms with Gasteiger partial charge in [-0.15, -0.1) is 0 Å². The van der Waals surface area contributed by atoms with Gasteiger partial charge in [-0.3, -0.25) is 4.79 Å². The summed E-state index contributed by atoms with van der Waals surface area (Å²) in [7, 11) is 0. The van der Waals surface area contributed by atoms with E-state index in [-0.39, 0.29) is 5.78 Å². The number of aromatic nitrogens is 2. The van der Waals surface area contributed by atoms with Gasteiger partial charge in [0.25, 0.3) is 0 Å². The Morgan fingerprint density at radius 1 is 0.739 bits per heavy atom. The first-order chi connectivity index (χ1) is 11.3. The van der Waals surface area contributed by atoms with Gasteiger partial charge >= 0.3 is 0 Å². The lowest BCUT2D eigenvalue weighted by Gasteiger charge is -2.04. The van der Waals surface area contributed by atoms with Crippen LogP contribution in [0.3, 0.4) is 0 Å². The fraction of sp³-hybridized carbons (Fsp3) is 0. The first-order valence-corrected chi connectivity index (χ1v) is 7.54. The lowest BCUT2D eigenvalue weighted by molar-refractivity contribution is 0.104. The number of carbonyl (C=O) groups is 1. The van der Waals surface area contributed by atoms with Gasteiger partial charge in [0.1, 0.15) is 0 Å². The van der Waals surface area contributed by atoms with Crippen molar-refractivity contribution in [3.05, 3.63) is 84.2 Å². The molecule has 3 nitrogen and oxygen atoms in total. The molecule has 0 bridgehead atoms. The third-order valence-electron chi connectivity index (χ3n) is 4.46. The molecule has 2 aromatic carbocycles. The fourth-order valence-electron chi connectivity index (χ4n) is 3.35. The number of hydrogen-bond acceptors (Lipinski definition) is 2. The molecule has 0 unspecified atom stereocenters. The second kappa shape index (κ2) is 4.40. The van der Waals surface area contributed by atoms with Crippen LogP contribution in [0.1, 0.15) is 15.9 Å². The average Bonchev–Trinajstić information content (AvgIpc) is 3.15. The summed E-state index contributed by atoms with van der Waals surface area (Å²) in [4.78, 5) is 12.7. The van der Waals surface area contributed by atoms with E-state index in [1.165, 1.54) is 0 Å². The topological polar surface area (TPSA) is 34.4 Å². The van der Waals surface area contributed by atoms with E-state index in [1.807, 2.05) is 71.5 Å². The maximum atomic E-state index is 12.7. The Kier molecular flexibility index (Phi) is 2.36. The predicted octanol–water partition coefficient (Wildman–Crippen LogP) is 4.21. The summed E-state index contributed by atoms with van der Waals surface area (Å²) in [5.74, 6) is 0.105. The SMILES string of the molecule is O=C1c2ccccc2-c2ccc(-c3cnn4ccccc34)cc21.